The number of halogens is 1. The van der Waals surface area contributed by atoms with Gasteiger partial charge < -0.3 is 10.1 Å². The molecule has 8 heteroatoms. The average Bonchev–Trinajstić information content (AvgIpc) is 2.92. The number of pyridine rings is 1. The Morgan fingerprint density at radius 1 is 1.16 bits per heavy atom. The van der Waals surface area contributed by atoms with Gasteiger partial charge in [-0.1, -0.05) is 23.7 Å². The molecule has 156 valence electrons. The van der Waals surface area contributed by atoms with Crippen LogP contribution in [0.25, 0.3) is 0 Å². The summed E-state index contributed by atoms with van der Waals surface area (Å²) in [4.78, 5) is 36.1. The van der Waals surface area contributed by atoms with Crippen molar-refractivity contribution in [1.82, 2.24) is 4.98 Å². The summed E-state index contributed by atoms with van der Waals surface area (Å²) in [6.45, 7) is -0.188. The number of nitrogens with zero attached hydrogens (tertiary/aromatic N) is 3. The highest BCUT2D eigenvalue weighted by Gasteiger charge is 2.27. The minimum absolute atomic E-state index is 0.0255. The minimum atomic E-state index is -0.350. The Bertz CT molecular complexity index is 1160. The molecule has 3 aromatic rings. The van der Waals surface area contributed by atoms with Gasteiger partial charge in [0.25, 0.3) is 0 Å². The number of methoxy groups -OCH3 is 1. The van der Waals surface area contributed by atoms with E-state index in [1.807, 2.05) is 24.3 Å². The maximum absolute atomic E-state index is 13.1. The topological polar surface area (TPSA) is 83.9 Å². The summed E-state index contributed by atoms with van der Waals surface area (Å²) in [6, 6.07) is 17.6. The van der Waals surface area contributed by atoms with Crippen molar-refractivity contribution >= 4 is 46.3 Å². The largest absolute Gasteiger partial charge is 0.497 e. The molecule has 0 saturated carbocycles. The van der Waals surface area contributed by atoms with E-state index in [1.165, 1.54) is 4.90 Å². The van der Waals surface area contributed by atoms with E-state index >= 15 is 0 Å². The van der Waals surface area contributed by atoms with Gasteiger partial charge in [0.15, 0.2) is 5.82 Å². The van der Waals surface area contributed by atoms with Crippen molar-refractivity contribution in [3.8, 4) is 5.75 Å². The van der Waals surface area contributed by atoms with Gasteiger partial charge in [0.2, 0.25) is 11.8 Å². The van der Waals surface area contributed by atoms with Crippen molar-refractivity contribution in [3.63, 3.8) is 0 Å². The second kappa shape index (κ2) is 8.97. The van der Waals surface area contributed by atoms with Crippen molar-refractivity contribution < 1.29 is 14.3 Å². The third kappa shape index (κ3) is 4.73. The average molecular weight is 435 g/mol. The molecule has 1 N–H and O–H groups in total. The summed E-state index contributed by atoms with van der Waals surface area (Å²) in [5.41, 5.74) is 2.46. The van der Waals surface area contributed by atoms with E-state index in [-0.39, 0.29) is 24.8 Å². The van der Waals surface area contributed by atoms with Gasteiger partial charge in [-0.15, -0.1) is 0 Å². The van der Waals surface area contributed by atoms with Crippen molar-refractivity contribution in [3.05, 3.63) is 77.4 Å². The Hall–Kier alpha value is -3.71. The molecule has 0 atom stereocenters. The molecule has 0 unspecified atom stereocenters. The smallest absolute Gasteiger partial charge is 0.244 e. The summed E-state index contributed by atoms with van der Waals surface area (Å²) in [6.07, 6.45) is 1.60. The van der Waals surface area contributed by atoms with Crippen LogP contribution >= 0.6 is 11.6 Å². The molecule has 7 nitrogen and oxygen atoms in total. The normalized spacial score (nSPS) is 13.2. The Morgan fingerprint density at radius 2 is 1.97 bits per heavy atom. The second-order valence-electron chi connectivity index (χ2n) is 6.85. The Kier molecular flexibility index (Phi) is 5.95. The molecule has 0 spiro atoms. The van der Waals surface area contributed by atoms with Gasteiger partial charge in [0.05, 0.1) is 19.2 Å². The number of aliphatic imine (C=N–C) groups is 1. The number of aromatic nitrogens is 1. The maximum atomic E-state index is 13.1. The van der Waals surface area contributed by atoms with Gasteiger partial charge in [0, 0.05) is 22.5 Å². The van der Waals surface area contributed by atoms with Crippen LogP contribution in [-0.2, 0) is 9.59 Å². The molecule has 2 aromatic carbocycles. The van der Waals surface area contributed by atoms with Crippen LogP contribution in [0.3, 0.4) is 0 Å². The van der Waals surface area contributed by atoms with Crippen molar-refractivity contribution in [2.45, 2.75) is 6.42 Å². The SMILES string of the molecule is COc1cccc(C2=Nc3cccnc3N(CC(=O)Nc3ccc(Cl)cc3)C(=O)C2)c1. The summed E-state index contributed by atoms with van der Waals surface area (Å²) in [5, 5.41) is 3.34. The molecule has 2 heterocycles. The number of fused-ring (bicyclic) bond motifs is 1. The lowest BCUT2D eigenvalue weighted by Crippen LogP contribution is -2.38. The molecule has 1 aliphatic rings. The molecule has 0 radical (unpaired) electrons. The van der Waals surface area contributed by atoms with Crippen LogP contribution < -0.4 is 15.0 Å². The molecule has 0 bridgehead atoms. The van der Waals surface area contributed by atoms with E-state index in [4.69, 9.17) is 16.3 Å². The summed E-state index contributed by atoms with van der Waals surface area (Å²) >= 11 is 5.89. The van der Waals surface area contributed by atoms with E-state index in [2.05, 4.69) is 15.3 Å². The van der Waals surface area contributed by atoms with Crippen LogP contribution in [0.5, 0.6) is 5.75 Å². The van der Waals surface area contributed by atoms with E-state index < -0.39 is 0 Å². The van der Waals surface area contributed by atoms with Gasteiger partial charge in [0.1, 0.15) is 18.0 Å². The number of benzene rings is 2. The zero-order chi connectivity index (χ0) is 21.8. The van der Waals surface area contributed by atoms with Crippen molar-refractivity contribution in [1.29, 1.82) is 0 Å². The predicted molar refractivity (Wildman–Crippen MR) is 120 cm³/mol. The quantitative estimate of drug-likeness (QED) is 0.651. The molecule has 1 aliphatic heterocycles. The summed E-state index contributed by atoms with van der Waals surface area (Å²) in [7, 11) is 1.58. The lowest BCUT2D eigenvalue weighted by Gasteiger charge is -2.20. The van der Waals surface area contributed by atoms with Gasteiger partial charge in [-0.2, -0.15) is 0 Å². The number of carbonyl (C=O) groups excluding carboxylic acids is 2. The standard InChI is InChI=1S/C23H19ClN4O3/c1-31-18-5-2-4-15(12-18)20-13-22(30)28(23-19(27-20)6-3-11-25-23)14-21(29)26-17-9-7-16(24)8-10-17/h2-12H,13-14H2,1H3,(H,26,29). The fourth-order valence-corrected chi connectivity index (χ4v) is 3.36. The molecule has 0 aliphatic carbocycles. The number of nitrogens with one attached hydrogen (secondary N) is 1. The number of hydrogen-bond donors (Lipinski definition) is 1. The molecular weight excluding hydrogens is 416 g/mol. The lowest BCUT2D eigenvalue weighted by molar-refractivity contribution is -0.120. The Balaban J connectivity index is 1.61. The molecule has 0 saturated heterocycles. The lowest BCUT2D eigenvalue weighted by atomic mass is 10.1. The number of amides is 2. The highest BCUT2D eigenvalue weighted by molar-refractivity contribution is 6.30. The van der Waals surface area contributed by atoms with Gasteiger partial charge in [-0.25, -0.2) is 9.98 Å². The van der Waals surface area contributed by atoms with E-state index in [9.17, 15) is 9.59 Å². The molecule has 0 fully saturated rings. The first-order valence-corrected chi connectivity index (χ1v) is 9.94. The third-order valence-corrected chi connectivity index (χ3v) is 4.98. The van der Waals surface area contributed by atoms with Crippen molar-refractivity contribution in [2.75, 3.05) is 23.9 Å². The van der Waals surface area contributed by atoms with Crippen LogP contribution in [0.4, 0.5) is 17.2 Å². The molecule has 2 amide bonds. The number of ether oxygens (including phenoxy) is 1. The zero-order valence-corrected chi connectivity index (χ0v) is 17.5. The number of rotatable bonds is 5. The van der Waals surface area contributed by atoms with Gasteiger partial charge in [-0.3, -0.25) is 14.5 Å². The van der Waals surface area contributed by atoms with Crippen LogP contribution in [0.15, 0.2) is 71.9 Å². The first kappa shape index (κ1) is 20.6. The highest BCUT2D eigenvalue weighted by atomic mass is 35.5. The summed E-state index contributed by atoms with van der Waals surface area (Å²) < 4.78 is 5.29. The van der Waals surface area contributed by atoms with Gasteiger partial charge in [-0.05, 0) is 48.5 Å². The van der Waals surface area contributed by atoms with E-state index in [1.54, 1.807) is 49.7 Å². The predicted octanol–water partition coefficient (Wildman–Crippen LogP) is 4.24. The Labute approximate surface area is 184 Å². The molecule has 4 rings (SSSR count). The summed E-state index contributed by atoms with van der Waals surface area (Å²) in [5.74, 6) is 0.390. The fraction of sp³-hybridized carbons (Fsp3) is 0.130. The van der Waals surface area contributed by atoms with Crippen molar-refractivity contribution in [2.24, 2.45) is 4.99 Å². The number of carbonyl (C=O) groups is 2. The molecular formula is C23H19ClN4O3. The fourth-order valence-electron chi connectivity index (χ4n) is 3.24. The van der Waals surface area contributed by atoms with Crippen LogP contribution in [-0.4, -0.2) is 36.2 Å². The van der Waals surface area contributed by atoms with Crippen LogP contribution in [0, 0.1) is 0 Å². The number of anilines is 2. The first-order chi connectivity index (χ1) is 15.0. The molecule has 31 heavy (non-hydrogen) atoms. The second-order valence-corrected chi connectivity index (χ2v) is 7.28. The number of hydrogen-bond acceptors (Lipinski definition) is 5. The minimum Gasteiger partial charge on any atom is -0.497 e. The van der Waals surface area contributed by atoms with E-state index in [0.717, 1.165) is 5.56 Å². The monoisotopic (exact) mass is 434 g/mol. The Morgan fingerprint density at radius 3 is 2.74 bits per heavy atom. The van der Waals surface area contributed by atoms with Crippen LogP contribution in [0.2, 0.25) is 5.02 Å². The highest BCUT2D eigenvalue weighted by Crippen LogP contribution is 2.31. The van der Waals surface area contributed by atoms with Gasteiger partial charge >= 0.3 is 0 Å². The maximum Gasteiger partial charge on any atom is 0.244 e. The zero-order valence-electron chi connectivity index (χ0n) is 16.7. The van der Waals surface area contributed by atoms with Crippen LogP contribution in [0.1, 0.15) is 12.0 Å². The first-order valence-electron chi connectivity index (χ1n) is 9.56. The molecule has 1 aromatic heterocycles. The third-order valence-electron chi connectivity index (χ3n) is 4.73. The van der Waals surface area contributed by atoms with E-state index in [0.29, 0.717) is 33.7 Å².